The summed E-state index contributed by atoms with van der Waals surface area (Å²) in [4.78, 5) is 39.1. The molecule has 3 fully saturated rings. The Balaban J connectivity index is 1.64. The first-order valence-corrected chi connectivity index (χ1v) is 13.5. The quantitative estimate of drug-likeness (QED) is 0.440. The van der Waals surface area contributed by atoms with Crippen LogP contribution in [0.1, 0.15) is 74.6 Å². The smallest absolute Gasteiger partial charge is 0.338 e. The second kappa shape index (κ2) is 9.45. The van der Waals surface area contributed by atoms with Gasteiger partial charge in [0.15, 0.2) is 0 Å². The summed E-state index contributed by atoms with van der Waals surface area (Å²) in [7, 11) is 0. The molecule has 2 aromatic rings. The van der Waals surface area contributed by atoms with Crippen LogP contribution in [0.15, 0.2) is 60.7 Å². The molecule has 3 aliphatic rings. The van der Waals surface area contributed by atoms with Crippen LogP contribution in [-0.2, 0) is 23.7 Å². The van der Waals surface area contributed by atoms with Crippen molar-refractivity contribution in [3.63, 3.8) is 0 Å². The number of hydrogen-bond acceptors (Lipinski definition) is 8. The summed E-state index contributed by atoms with van der Waals surface area (Å²) in [5, 5.41) is 12.1. The molecule has 2 bridgehead atoms. The highest BCUT2D eigenvalue weighted by Crippen LogP contribution is 2.68. The molecule has 2 aromatic carbocycles. The van der Waals surface area contributed by atoms with E-state index in [0.717, 1.165) is 0 Å². The van der Waals surface area contributed by atoms with Gasteiger partial charge in [-0.2, -0.15) is 0 Å². The zero-order valence-electron chi connectivity index (χ0n) is 23.0. The minimum atomic E-state index is -1.53. The van der Waals surface area contributed by atoms with Crippen molar-refractivity contribution in [2.75, 3.05) is 0 Å². The molecule has 7 unspecified atom stereocenters. The van der Waals surface area contributed by atoms with Gasteiger partial charge in [0.2, 0.25) is 0 Å². The van der Waals surface area contributed by atoms with E-state index in [-0.39, 0.29) is 12.8 Å². The van der Waals surface area contributed by atoms with Gasteiger partial charge in [-0.25, -0.2) is 9.59 Å². The zero-order valence-corrected chi connectivity index (χ0v) is 23.0. The van der Waals surface area contributed by atoms with Crippen molar-refractivity contribution in [1.29, 1.82) is 0 Å². The molecule has 1 saturated heterocycles. The standard InChI is InChI=1S/C31H36O8/c1-19(32)36-25-22-18-24(38-27(34)21-14-10-7-11-15-21)30(5)23(37-26(33)20-12-8-6-9-13-20)16-17-29(4,35)31(25,30)39-28(22,2)3/h6-15,22-25,35H,16-18H2,1-5H3. The fourth-order valence-corrected chi connectivity index (χ4v) is 7.31. The lowest BCUT2D eigenvalue weighted by atomic mass is 9.47. The summed E-state index contributed by atoms with van der Waals surface area (Å²) in [5.41, 5.74) is -4.38. The second-order valence-electron chi connectivity index (χ2n) is 11.9. The highest BCUT2D eigenvalue weighted by Gasteiger charge is 2.82. The number of benzene rings is 2. The van der Waals surface area contributed by atoms with Gasteiger partial charge in [0.1, 0.15) is 23.9 Å². The van der Waals surface area contributed by atoms with E-state index >= 15 is 0 Å². The van der Waals surface area contributed by atoms with Crippen molar-refractivity contribution < 1.29 is 38.4 Å². The molecule has 5 rings (SSSR count). The van der Waals surface area contributed by atoms with E-state index in [1.807, 2.05) is 32.9 Å². The lowest BCUT2D eigenvalue weighted by molar-refractivity contribution is -0.326. The van der Waals surface area contributed by atoms with Crippen LogP contribution in [0.2, 0.25) is 0 Å². The average molecular weight is 537 g/mol. The molecule has 0 radical (unpaired) electrons. The van der Waals surface area contributed by atoms with Gasteiger partial charge in [-0.1, -0.05) is 36.4 Å². The number of hydrogen-bond donors (Lipinski definition) is 1. The van der Waals surface area contributed by atoms with Crippen LogP contribution in [0.5, 0.6) is 0 Å². The van der Waals surface area contributed by atoms with E-state index in [4.69, 9.17) is 18.9 Å². The second-order valence-corrected chi connectivity index (χ2v) is 11.9. The number of rotatable bonds is 5. The van der Waals surface area contributed by atoms with Crippen molar-refractivity contribution in [2.45, 2.75) is 89.0 Å². The molecule has 1 aliphatic heterocycles. The van der Waals surface area contributed by atoms with E-state index in [2.05, 4.69) is 0 Å². The van der Waals surface area contributed by atoms with Crippen molar-refractivity contribution in [2.24, 2.45) is 11.3 Å². The van der Waals surface area contributed by atoms with Crippen LogP contribution in [0.4, 0.5) is 0 Å². The van der Waals surface area contributed by atoms with Crippen molar-refractivity contribution in [1.82, 2.24) is 0 Å². The first kappa shape index (κ1) is 27.3. The molecule has 7 atom stereocenters. The lowest BCUT2D eigenvalue weighted by Crippen LogP contribution is -2.79. The number of fused-ring (bicyclic) bond motifs is 1. The highest BCUT2D eigenvalue weighted by molar-refractivity contribution is 5.90. The highest BCUT2D eigenvalue weighted by atomic mass is 16.6. The van der Waals surface area contributed by atoms with E-state index in [1.165, 1.54) is 6.92 Å². The Morgan fingerprint density at radius 1 is 0.821 bits per heavy atom. The molecule has 0 aromatic heterocycles. The van der Waals surface area contributed by atoms with Gasteiger partial charge in [0.25, 0.3) is 0 Å². The van der Waals surface area contributed by atoms with Gasteiger partial charge >= 0.3 is 17.9 Å². The Morgan fingerprint density at radius 3 is 1.85 bits per heavy atom. The Hall–Kier alpha value is -3.23. The predicted molar refractivity (Wildman–Crippen MR) is 141 cm³/mol. The van der Waals surface area contributed by atoms with Crippen LogP contribution in [0, 0.1) is 11.3 Å². The molecule has 2 saturated carbocycles. The van der Waals surface area contributed by atoms with Crippen LogP contribution in [0.3, 0.4) is 0 Å². The third-order valence-electron chi connectivity index (χ3n) is 9.19. The SMILES string of the molecule is CC(=O)OC1C2CC(OC(=O)c3ccccc3)C3(C)C(OC(=O)c4ccccc4)CCC(C)(O)C13OC2(C)C. The molecule has 208 valence electrons. The van der Waals surface area contributed by atoms with Crippen LogP contribution >= 0.6 is 0 Å². The number of carbonyl (C=O) groups excluding carboxylic acids is 3. The molecular formula is C31H36O8. The Morgan fingerprint density at radius 2 is 1.33 bits per heavy atom. The van der Waals surface area contributed by atoms with Gasteiger partial charge in [-0.15, -0.1) is 0 Å². The predicted octanol–water partition coefficient (Wildman–Crippen LogP) is 4.49. The summed E-state index contributed by atoms with van der Waals surface area (Å²) >= 11 is 0. The summed E-state index contributed by atoms with van der Waals surface area (Å²) in [6, 6.07) is 17.3. The van der Waals surface area contributed by atoms with Crippen molar-refractivity contribution in [3.05, 3.63) is 71.8 Å². The maximum atomic E-state index is 13.4. The normalized spacial score (nSPS) is 36.4. The molecule has 1 N–H and O–H groups in total. The summed E-state index contributed by atoms with van der Waals surface area (Å²) in [6.45, 7) is 8.59. The van der Waals surface area contributed by atoms with Gasteiger partial charge in [-0.3, -0.25) is 4.79 Å². The lowest BCUT2D eigenvalue weighted by Gasteiger charge is -2.64. The van der Waals surface area contributed by atoms with E-state index in [9.17, 15) is 19.5 Å². The monoisotopic (exact) mass is 536 g/mol. The maximum Gasteiger partial charge on any atom is 0.338 e. The van der Waals surface area contributed by atoms with Crippen molar-refractivity contribution in [3.8, 4) is 0 Å². The summed E-state index contributed by atoms with van der Waals surface area (Å²) in [5.74, 6) is -1.96. The molecule has 2 aliphatic carbocycles. The van der Waals surface area contributed by atoms with Crippen molar-refractivity contribution >= 4 is 17.9 Å². The van der Waals surface area contributed by atoms with Gasteiger partial charge in [-0.05, 0) is 71.2 Å². The minimum Gasteiger partial charge on any atom is -0.459 e. The van der Waals surface area contributed by atoms with Gasteiger partial charge in [0, 0.05) is 12.8 Å². The molecule has 8 heteroatoms. The average Bonchev–Trinajstić information content (AvgIpc) is 3.07. The Bertz CT molecular complexity index is 1260. The first-order valence-electron chi connectivity index (χ1n) is 13.5. The van der Waals surface area contributed by atoms with Gasteiger partial charge < -0.3 is 24.1 Å². The third-order valence-corrected chi connectivity index (χ3v) is 9.19. The third kappa shape index (κ3) is 4.16. The van der Waals surface area contributed by atoms with E-state index in [1.54, 1.807) is 55.5 Å². The zero-order chi connectivity index (χ0) is 28.2. The fourth-order valence-electron chi connectivity index (χ4n) is 7.31. The largest absolute Gasteiger partial charge is 0.459 e. The molecule has 1 spiro atoms. The first-order chi connectivity index (χ1) is 18.3. The van der Waals surface area contributed by atoms with E-state index in [0.29, 0.717) is 17.5 Å². The molecule has 8 nitrogen and oxygen atoms in total. The van der Waals surface area contributed by atoms with Crippen LogP contribution in [0.25, 0.3) is 0 Å². The summed E-state index contributed by atoms with van der Waals surface area (Å²) < 4.78 is 25.2. The Labute approximate surface area is 228 Å². The van der Waals surface area contributed by atoms with Gasteiger partial charge in [0.05, 0.1) is 27.7 Å². The number of ether oxygens (including phenoxy) is 4. The molecule has 39 heavy (non-hydrogen) atoms. The number of aliphatic hydroxyl groups is 1. The number of carbonyl (C=O) groups is 3. The molecule has 0 amide bonds. The minimum absolute atomic E-state index is 0.218. The van der Waals surface area contributed by atoms with Crippen LogP contribution in [-0.4, -0.2) is 58.1 Å². The topological polar surface area (TPSA) is 108 Å². The summed E-state index contributed by atoms with van der Waals surface area (Å²) in [6.07, 6.45) is -1.68. The van der Waals surface area contributed by atoms with E-state index < -0.39 is 64.4 Å². The Kier molecular flexibility index (Phi) is 6.63. The molecule has 1 heterocycles. The maximum absolute atomic E-state index is 13.4. The molecular weight excluding hydrogens is 500 g/mol. The van der Waals surface area contributed by atoms with Crippen LogP contribution < -0.4 is 0 Å². The number of esters is 3. The fraction of sp³-hybridized carbons (Fsp3) is 0.516.